The number of ether oxygens (including phenoxy) is 2. The van der Waals surface area contributed by atoms with Gasteiger partial charge in [-0.3, -0.25) is 9.59 Å². The number of Topliss-reactive ketones (excluding diaryl/α,β-unsaturated/α-hetero) is 1. The summed E-state index contributed by atoms with van der Waals surface area (Å²) in [5.74, 6) is -0.154. The molecule has 0 amide bonds. The number of ketones is 1. The zero-order valence-corrected chi connectivity index (χ0v) is 14.0. The summed E-state index contributed by atoms with van der Waals surface area (Å²) in [6.45, 7) is 7.11. The lowest BCUT2D eigenvalue weighted by Crippen LogP contribution is -2.55. The van der Waals surface area contributed by atoms with E-state index in [0.717, 1.165) is 32.1 Å². The zero-order valence-electron chi connectivity index (χ0n) is 14.0. The Morgan fingerprint density at radius 2 is 1.95 bits per heavy atom. The number of carbonyl (C=O) groups excluding carboxylic acids is 2. The van der Waals surface area contributed by atoms with Gasteiger partial charge in [-0.15, -0.1) is 0 Å². The molecule has 0 aromatic carbocycles. The van der Waals surface area contributed by atoms with Gasteiger partial charge < -0.3 is 9.47 Å². The molecule has 5 aliphatic carbocycles. The molecule has 5 saturated carbocycles. The predicted octanol–water partition coefficient (Wildman–Crippen LogP) is 2.74. The Kier molecular flexibility index (Phi) is 2.63. The fourth-order valence-electron chi connectivity index (χ4n) is 6.60. The lowest BCUT2D eigenvalue weighted by atomic mass is 9.56. The summed E-state index contributed by atoms with van der Waals surface area (Å²) in [6, 6.07) is 0. The van der Waals surface area contributed by atoms with Crippen molar-refractivity contribution in [3.05, 3.63) is 0 Å². The van der Waals surface area contributed by atoms with Crippen LogP contribution in [-0.2, 0) is 19.1 Å². The molecular formula is C18H26O4. The molecule has 22 heavy (non-hydrogen) atoms. The van der Waals surface area contributed by atoms with Gasteiger partial charge in [-0.2, -0.15) is 0 Å². The van der Waals surface area contributed by atoms with E-state index in [-0.39, 0.29) is 34.4 Å². The van der Waals surface area contributed by atoms with E-state index < -0.39 is 11.0 Å². The van der Waals surface area contributed by atoms with Crippen LogP contribution in [0.1, 0.15) is 52.9 Å². The van der Waals surface area contributed by atoms with Crippen LogP contribution in [0, 0.1) is 28.1 Å². The van der Waals surface area contributed by atoms with Crippen molar-refractivity contribution in [2.75, 3.05) is 13.7 Å². The third-order valence-electron chi connectivity index (χ3n) is 7.04. The average Bonchev–Trinajstić information content (AvgIpc) is 3.29. The van der Waals surface area contributed by atoms with Crippen molar-refractivity contribution in [1.82, 2.24) is 0 Å². The molecular weight excluding hydrogens is 280 g/mol. The summed E-state index contributed by atoms with van der Waals surface area (Å²) in [4.78, 5) is 25.8. The summed E-state index contributed by atoms with van der Waals surface area (Å²) in [7, 11) is 1.45. The molecule has 0 heterocycles. The van der Waals surface area contributed by atoms with Crippen LogP contribution in [0.2, 0.25) is 0 Å². The van der Waals surface area contributed by atoms with Crippen LogP contribution in [0.3, 0.4) is 0 Å². The van der Waals surface area contributed by atoms with Crippen LogP contribution >= 0.6 is 0 Å². The molecule has 0 N–H and O–H groups in total. The Labute approximate surface area is 131 Å². The fraction of sp³-hybridized carbons (Fsp3) is 0.889. The van der Waals surface area contributed by atoms with Crippen LogP contribution in [0.4, 0.5) is 0 Å². The predicted molar refractivity (Wildman–Crippen MR) is 80.1 cm³/mol. The van der Waals surface area contributed by atoms with E-state index in [9.17, 15) is 9.59 Å². The number of fused-ring (bicyclic) bond motifs is 1. The molecule has 4 nitrogen and oxygen atoms in total. The molecule has 4 heteroatoms. The third-order valence-corrected chi connectivity index (χ3v) is 7.04. The molecule has 4 atom stereocenters. The van der Waals surface area contributed by atoms with Gasteiger partial charge in [-0.1, -0.05) is 27.2 Å². The van der Waals surface area contributed by atoms with Crippen LogP contribution in [0.5, 0.6) is 0 Å². The molecule has 0 radical (unpaired) electrons. The Morgan fingerprint density at radius 1 is 1.27 bits per heavy atom. The van der Waals surface area contributed by atoms with Crippen molar-refractivity contribution in [2.24, 2.45) is 28.1 Å². The van der Waals surface area contributed by atoms with Crippen molar-refractivity contribution in [3.8, 4) is 0 Å². The largest absolute Gasteiger partial charge is 0.468 e. The van der Waals surface area contributed by atoms with E-state index in [1.165, 1.54) is 7.11 Å². The standard InChI is InChI=1S/C18H26O4/c1-5-6-9-22-17-10-15(2,3)12-11(19)13(17)18(17,14(20)21-4)16(12)7-8-16/h12-13H,5-10H2,1-4H3/t12-,13+,17+,18+/m1/s1. The van der Waals surface area contributed by atoms with Gasteiger partial charge in [0.2, 0.25) is 0 Å². The topological polar surface area (TPSA) is 52.6 Å². The maximum absolute atomic E-state index is 13.1. The highest BCUT2D eigenvalue weighted by Crippen LogP contribution is 2.93. The highest BCUT2D eigenvalue weighted by Gasteiger charge is 3.02. The second-order valence-corrected chi connectivity index (χ2v) is 8.48. The van der Waals surface area contributed by atoms with Gasteiger partial charge in [0.05, 0.1) is 18.6 Å². The van der Waals surface area contributed by atoms with Crippen molar-refractivity contribution >= 4 is 11.8 Å². The number of hydrogen-bond donors (Lipinski definition) is 0. The maximum atomic E-state index is 13.1. The normalized spacial score (nSPS) is 45.0. The molecule has 0 aliphatic heterocycles. The molecule has 0 aromatic heterocycles. The molecule has 5 rings (SSSR count). The Bertz CT molecular complexity index is 561. The van der Waals surface area contributed by atoms with E-state index in [4.69, 9.17) is 9.47 Å². The smallest absolute Gasteiger partial charge is 0.316 e. The van der Waals surface area contributed by atoms with Gasteiger partial charge in [-0.05, 0) is 31.1 Å². The summed E-state index contributed by atoms with van der Waals surface area (Å²) in [6.07, 6.45) is 4.77. The minimum atomic E-state index is -0.667. The van der Waals surface area contributed by atoms with E-state index in [2.05, 4.69) is 20.8 Å². The molecule has 0 unspecified atom stereocenters. The third kappa shape index (κ3) is 1.20. The van der Waals surface area contributed by atoms with Crippen LogP contribution in [0.15, 0.2) is 0 Å². The Balaban J connectivity index is 1.80. The van der Waals surface area contributed by atoms with Gasteiger partial charge in [0, 0.05) is 17.9 Å². The molecule has 5 fully saturated rings. The quantitative estimate of drug-likeness (QED) is 0.579. The second kappa shape index (κ2) is 3.95. The summed E-state index contributed by atoms with van der Waals surface area (Å²) in [5.41, 5.74) is -1.50. The van der Waals surface area contributed by atoms with Crippen molar-refractivity contribution < 1.29 is 19.1 Å². The highest BCUT2D eigenvalue weighted by molar-refractivity contribution is 6.07. The molecule has 5 aliphatic rings. The number of esters is 1. The first-order chi connectivity index (χ1) is 10.4. The highest BCUT2D eigenvalue weighted by atomic mass is 16.5. The molecule has 0 aromatic rings. The average molecular weight is 306 g/mol. The van der Waals surface area contributed by atoms with E-state index in [1.54, 1.807) is 0 Å². The van der Waals surface area contributed by atoms with Crippen molar-refractivity contribution in [2.45, 2.75) is 58.5 Å². The van der Waals surface area contributed by atoms with Gasteiger partial charge in [-0.25, -0.2) is 0 Å². The lowest BCUT2D eigenvalue weighted by Gasteiger charge is -2.50. The van der Waals surface area contributed by atoms with Gasteiger partial charge in [0.25, 0.3) is 0 Å². The van der Waals surface area contributed by atoms with E-state index in [0.29, 0.717) is 6.61 Å². The van der Waals surface area contributed by atoms with E-state index >= 15 is 0 Å². The van der Waals surface area contributed by atoms with Crippen LogP contribution in [-0.4, -0.2) is 31.1 Å². The first kappa shape index (κ1) is 14.7. The summed E-state index contributed by atoms with van der Waals surface area (Å²) >= 11 is 0. The van der Waals surface area contributed by atoms with Gasteiger partial charge in [0.1, 0.15) is 11.2 Å². The minimum Gasteiger partial charge on any atom is -0.468 e. The zero-order chi connectivity index (χ0) is 16.0. The molecule has 0 saturated heterocycles. The summed E-state index contributed by atoms with van der Waals surface area (Å²) < 4.78 is 11.5. The molecule has 4 bridgehead atoms. The Hall–Kier alpha value is -0.900. The number of hydrogen-bond acceptors (Lipinski definition) is 4. The second-order valence-electron chi connectivity index (χ2n) is 8.48. The molecule has 122 valence electrons. The van der Waals surface area contributed by atoms with E-state index in [1.807, 2.05) is 0 Å². The van der Waals surface area contributed by atoms with Crippen molar-refractivity contribution in [1.29, 1.82) is 0 Å². The van der Waals surface area contributed by atoms with Crippen LogP contribution < -0.4 is 0 Å². The Morgan fingerprint density at radius 3 is 2.50 bits per heavy atom. The van der Waals surface area contributed by atoms with Gasteiger partial charge in [0.15, 0.2) is 0 Å². The summed E-state index contributed by atoms with van der Waals surface area (Å²) in [5, 5.41) is 0. The SMILES string of the molecule is CCCCO[C@@]12CC(C)(C)[C@H]3C(=O)[C@@H]1[C@]2(C(=O)OC)C31CC1. The van der Waals surface area contributed by atoms with Gasteiger partial charge >= 0.3 is 5.97 Å². The lowest BCUT2D eigenvalue weighted by molar-refractivity contribution is -0.173. The van der Waals surface area contributed by atoms with Crippen LogP contribution in [0.25, 0.3) is 0 Å². The maximum Gasteiger partial charge on any atom is 0.316 e. The number of unbranched alkanes of at least 4 members (excludes halogenated alkanes) is 1. The molecule has 1 spiro atoms. The first-order valence-electron chi connectivity index (χ1n) is 8.62. The number of rotatable bonds is 5. The number of carbonyl (C=O) groups is 2. The minimum absolute atomic E-state index is 0.0146. The monoisotopic (exact) mass is 306 g/mol. The fourth-order valence-corrected chi connectivity index (χ4v) is 6.60. The first-order valence-corrected chi connectivity index (χ1v) is 8.62. The number of methoxy groups -OCH3 is 1. The van der Waals surface area contributed by atoms with Crippen molar-refractivity contribution in [3.63, 3.8) is 0 Å².